The molecule has 1 aromatic rings. The predicted octanol–water partition coefficient (Wildman–Crippen LogP) is 1.95. The first-order valence-electron chi connectivity index (χ1n) is 4.74. The van der Waals surface area contributed by atoms with Crippen LogP contribution in [0.15, 0.2) is 12.3 Å². The van der Waals surface area contributed by atoms with Gasteiger partial charge in [-0.05, 0) is 18.4 Å². The number of aryl methyl sites for hydroxylation is 1. The van der Waals surface area contributed by atoms with E-state index in [-0.39, 0.29) is 11.5 Å². The van der Waals surface area contributed by atoms with E-state index < -0.39 is 0 Å². The molecule has 0 spiro atoms. The number of hydrogen-bond acceptors (Lipinski definition) is 2. The normalized spacial score (nSPS) is 14.5. The third-order valence-electron chi connectivity index (χ3n) is 2.30. The van der Waals surface area contributed by atoms with Gasteiger partial charge in [-0.1, -0.05) is 20.8 Å². The molecule has 0 amide bonds. The maximum Gasteiger partial charge on any atom is 0.0556 e. The minimum atomic E-state index is 0.0509. The smallest absolute Gasteiger partial charge is 0.0556 e. The molecule has 0 aliphatic heterocycles. The molecule has 3 nitrogen and oxygen atoms in total. The average Bonchev–Trinajstić information content (AvgIpc) is 2.48. The van der Waals surface area contributed by atoms with Crippen molar-refractivity contribution in [1.82, 2.24) is 9.78 Å². The molecule has 2 N–H and O–H groups in total. The van der Waals surface area contributed by atoms with Gasteiger partial charge in [-0.2, -0.15) is 5.10 Å². The van der Waals surface area contributed by atoms with Crippen LogP contribution >= 0.6 is 0 Å². The summed E-state index contributed by atoms with van der Waals surface area (Å²) in [7, 11) is 0. The Morgan fingerprint density at radius 2 is 2.15 bits per heavy atom. The van der Waals surface area contributed by atoms with Crippen LogP contribution in [0.2, 0.25) is 0 Å². The van der Waals surface area contributed by atoms with Gasteiger partial charge in [0.25, 0.3) is 0 Å². The fraction of sp³-hybridized carbons (Fsp3) is 0.700. The zero-order chi connectivity index (χ0) is 10.1. The highest BCUT2D eigenvalue weighted by molar-refractivity contribution is 5.09. The minimum Gasteiger partial charge on any atom is -0.322 e. The van der Waals surface area contributed by atoms with Crippen LogP contribution in [0.1, 0.15) is 39.4 Å². The Morgan fingerprint density at radius 3 is 2.62 bits per heavy atom. The quantitative estimate of drug-likeness (QED) is 0.757. The highest BCUT2D eigenvalue weighted by Gasteiger charge is 2.24. The first kappa shape index (κ1) is 10.3. The summed E-state index contributed by atoms with van der Waals surface area (Å²) in [5, 5.41) is 4.21. The molecule has 3 heteroatoms. The molecule has 74 valence electrons. The van der Waals surface area contributed by atoms with Gasteiger partial charge in [-0.3, -0.25) is 4.68 Å². The van der Waals surface area contributed by atoms with Crippen LogP contribution in [0.25, 0.3) is 0 Å². The predicted molar refractivity (Wildman–Crippen MR) is 54.3 cm³/mol. The SMILES string of the molecule is CCn1nccc1C(N)C(C)(C)C. The fourth-order valence-corrected chi connectivity index (χ4v) is 1.31. The van der Waals surface area contributed by atoms with Crippen LogP contribution in [0.5, 0.6) is 0 Å². The van der Waals surface area contributed by atoms with E-state index >= 15 is 0 Å². The van der Waals surface area contributed by atoms with Crippen LogP contribution in [0.3, 0.4) is 0 Å². The van der Waals surface area contributed by atoms with Crippen LogP contribution < -0.4 is 5.73 Å². The zero-order valence-corrected chi connectivity index (χ0v) is 8.91. The summed E-state index contributed by atoms with van der Waals surface area (Å²) in [6.07, 6.45) is 1.81. The summed E-state index contributed by atoms with van der Waals surface area (Å²) in [5.74, 6) is 0. The second kappa shape index (κ2) is 3.50. The van der Waals surface area contributed by atoms with Gasteiger partial charge in [-0.15, -0.1) is 0 Å². The van der Waals surface area contributed by atoms with Gasteiger partial charge in [0.1, 0.15) is 0 Å². The van der Waals surface area contributed by atoms with E-state index in [0.717, 1.165) is 12.2 Å². The zero-order valence-electron chi connectivity index (χ0n) is 8.91. The standard InChI is InChI=1S/C10H19N3/c1-5-13-8(6-7-12-13)9(11)10(2,3)4/h6-7,9H,5,11H2,1-4H3. The van der Waals surface area contributed by atoms with Crippen molar-refractivity contribution in [3.63, 3.8) is 0 Å². The molecule has 1 atom stereocenters. The van der Waals surface area contributed by atoms with Crippen molar-refractivity contribution in [2.75, 3.05) is 0 Å². The van der Waals surface area contributed by atoms with E-state index in [9.17, 15) is 0 Å². The Morgan fingerprint density at radius 1 is 1.54 bits per heavy atom. The van der Waals surface area contributed by atoms with Gasteiger partial charge in [0.05, 0.1) is 11.7 Å². The topological polar surface area (TPSA) is 43.8 Å². The maximum absolute atomic E-state index is 6.13. The lowest BCUT2D eigenvalue weighted by molar-refractivity contribution is 0.311. The largest absolute Gasteiger partial charge is 0.322 e. The van der Waals surface area contributed by atoms with Gasteiger partial charge in [0.2, 0.25) is 0 Å². The lowest BCUT2D eigenvalue weighted by Crippen LogP contribution is -2.28. The van der Waals surface area contributed by atoms with Gasteiger partial charge < -0.3 is 5.73 Å². The molecule has 0 aliphatic rings. The van der Waals surface area contributed by atoms with Crippen molar-refractivity contribution in [2.45, 2.75) is 40.3 Å². The molecule has 0 fully saturated rings. The van der Waals surface area contributed by atoms with Crippen molar-refractivity contribution < 1.29 is 0 Å². The van der Waals surface area contributed by atoms with E-state index in [2.05, 4.69) is 32.8 Å². The highest BCUT2D eigenvalue weighted by Crippen LogP contribution is 2.29. The number of hydrogen-bond donors (Lipinski definition) is 1. The molecule has 0 bridgehead atoms. The van der Waals surface area contributed by atoms with Crippen LogP contribution in [-0.4, -0.2) is 9.78 Å². The van der Waals surface area contributed by atoms with E-state index in [1.807, 2.05) is 16.9 Å². The number of nitrogens with two attached hydrogens (primary N) is 1. The van der Waals surface area contributed by atoms with Gasteiger partial charge in [0.15, 0.2) is 0 Å². The van der Waals surface area contributed by atoms with E-state index in [1.54, 1.807) is 0 Å². The molecule has 0 saturated carbocycles. The summed E-state index contributed by atoms with van der Waals surface area (Å²) in [5.41, 5.74) is 7.34. The van der Waals surface area contributed by atoms with E-state index in [0.29, 0.717) is 0 Å². The molecule has 0 aliphatic carbocycles. The van der Waals surface area contributed by atoms with Crippen molar-refractivity contribution >= 4 is 0 Å². The fourth-order valence-electron chi connectivity index (χ4n) is 1.31. The first-order valence-corrected chi connectivity index (χ1v) is 4.74. The molecule has 1 heterocycles. The van der Waals surface area contributed by atoms with Crippen LogP contribution in [-0.2, 0) is 6.54 Å². The number of aromatic nitrogens is 2. The third-order valence-corrected chi connectivity index (χ3v) is 2.30. The van der Waals surface area contributed by atoms with Crippen molar-refractivity contribution in [3.8, 4) is 0 Å². The summed E-state index contributed by atoms with van der Waals surface area (Å²) < 4.78 is 1.95. The summed E-state index contributed by atoms with van der Waals surface area (Å²) >= 11 is 0. The maximum atomic E-state index is 6.13. The Labute approximate surface area is 79.9 Å². The molecular weight excluding hydrogens is 162 g/mol. The molecule has 13 heavy (non-hydrogen) atoms. The van der Waals surface area contributed by atoms with Crippen LogP contribution in [0.4, 0.5) is 0 Å². The molecule has 0 aromatic carbocycles. The Hall–Kier alpha value is -0.830. The number of rotatable bonds is 2. The first-order chi connectivity index (χ1) is 5.96. The summed E-state index contributed by atoms with van der Waals surface area (Å²) in [4.78, 5) is 0. The molecule has 1 unspecified atom stereocenters. The molecule has 0 radical (unpaired) electrons. The second-order valence-electron chi connectivity index (χ2n) is 4.42. The summed E-state index contributed by atoms with van der Waals surface area (Å²) in [6.45, 7) is 9.39. The average molecular weight is 181 g/mol. The van der Waals surface area contributed by atoms with Crippen molar-refractivity contribution in [3.05, 3.63) is 18.0 Å². The van der Waals surface area contributed by atoms with E-state index in [1.165, 1.54) is 0 Å². The van der Waals surface area contributed by atoms with Gasteiger partial charge in [0, 0.05) is 12.7 Å². The Kier molecular flexibility index (Phi) is 2.76. The monoisotopic (exact) mass is 181 g/mol. The van der Waals surface area contributed by atoms with Gasteiger partial charge in [-0.25, -0.2) is 0 Å². The van der Waals surface area contributed by atoms with Crippen molar-refractivity contribution in [2.24, 2.45) is 11.1 Å². The highest BCUT2D eigenvalue weighted by atomic mass is 15.3. The van der Waals surface area contributed by atoms with Crippen molar-refractivity contribution in [1.29, 1.82) is 0 Å². The third kappa shape index (κ3) is 2.10. The molecular formula is C10H19N3. The second-order valence-corrected chi connectivity index (χ2v) is 4.42. The summed E-state index contributed by atoms with van der Waals surface area (Å²) in [6, 6.07) is 2.05. The lowest BCUT2D eigenvalue weighted by Gasteiger charge is -2.27. The van der Waals surface area contributed by atoms with E-state index in [4.69, 9.17) is 5.73 Å². The minimum absolute atomic E-state index is 0.0509. The molecule has 1 rings (SSSR count). The Balaban J connectivity index is 2.94. The number of nitrogens with zero attached hydrogens (tertiary/aromatic N) is 2. The molecule has 0 saturated heterocycles. The lowest BCUT2D eigenvalue weighted by atomic mass is 9.85. The van der Waals surface area contributed by atoms with Crippen LogP contribution in [0, 0.1) is 5.41 Å². The Bertz CT molecular complexity index is 270. The molecule has 1 aromatic heterocycles. The van der Waals surface area contributed by atoms with Gasteiger partial charge >= 0.3 is 0 Å².